The molecule has 0 saturated carbocycles. The van der Waals surface area contributed by atoms with Crippen LogP contribution in [0.15, 0.2) is 48.5 Å². The van der Waals surface area contributed by atoms with Crippen LogP contribution in [0.1, 0.15) is 23.6 Å². The standard InChI is InChI=1S/C24H30N4O3/c1-18-7-4-5-8-19(18)16-26-11-13-27(14-12-26)17-28-22(29)24(2,25-23(28)30)20-9-6-10-21(15-20)31-3/h4-10,15H,11-14,16-17H2,1-3H3,(H,25,30)/t24-/m1/s1. The lowest BCUT2D eigenvalue weighted by molar-refractivity contribution is -0.132. The number of amides is 3. The van der Waals surface area contributed by atoms with Crippen molar-refractivity contribution in [1.29, 1.82) is 0 Å². The van der Waals surface area contributed by atoms with Gasteiger partial charge in [-0.15, -0.1) is 0 Å². The van der Waals surface area contributed by atoms with Crippen LogP contribution in [0.4, 0.5) is 4.79 Å². The number of piperazine rings is 1. The van der Waals surface area contributed by atoms with Gasteiger partial charge in [0.25, 0.3) is 5.91 Å². The van der Waals surface area contributed by atoms with Gasteiger partial charge in [0.05, 0.1) is 13.8 Å². The van der Waals surface area contributed by atoms with E-state index >= 15 is 0 Å². The van der Waals surface area contributed by atoms with E-state index in [1.165, 1.54) is 16.0 Å². The van der Waals surface area contributed by atoms with Crippen LogP contribution in [0.2, 0.25) is 0 Å². The maximum absolute atomic E-state index is 13.2. The third-order valence-electron chi connectivity index (χ3n) is 6.38. The van der Waals surface area contributed by atoms with E-state index in [1.54, 1.807) is 20.1 Å². The van der Waals surface area contributed by atoms with Crippen LogP contribution < -0.4 is 10.1 Å². The molecule has 2 saturated heterocycles. The number of carbonyl (C=O) groups excluding carboxylic acids is 2. The molecule has 0 spiro atoms. The van der Waals surface area contributed by atoms with Crippen LogP contribution in [0.3, 0.4) is 0 Å². The maximum Gasteiger partial charge on any atom is 0.326 e. The summed E-state index contributed by atoms with van der Waals surface area (Å²) in [5.41, 5.74) is 2.29. The SMILES string of the molecule is COc1cccc([C@@]2(C)NC(=O)N(CN3CCN(Cc4ccccc4C)CC3)C2=O)c1. The molecule has 164 valence electrons. The van der Waals surface area contributed by atoms with Crippen LogP contribution in [0, 0.1) is 6.92 Å². The zero-order valence-electron chi connectivity index (χ0n) is 18.4. The van der Waals surface area contributed by atoms with Gasteiger partial charge in [-0.05, 0) is 42.7 Å². The fourth-order valence-corrected chi connectivity index (χ4v) is 4.27. The lowest BCUT2D eigenvalue weighted by atomic mass is 9.92. The molecule has 0 aliphatic carbocycles. The van der Waals surface area contributed by atoms with E-state index in [1.807, 2.05) is 18.2 Å². The monoisotopic (exact) mass is 422 g/mol. The van der Waals surface area contributed by atoms with E-state index in [0.29, 0.717) is 12.4 Å². The summed E-state index contributed by atoms with van der Waals surface area (Å²) in [7, 11) is 1.58. The average Bonchev–Trinajstić information content (AvgIpc) is 3.00. The summed E-state index contributed by atoms with van der Waals surface area (Å²) in [5.74, 6) is 0.428. The molecule has 2 heterocycles. The second-order valence-corrected chi connectivity index (χ2v) is 8.48. The molecular formula is C24H30N4O3. The predicted molar refractivity (Wildman–Crippen MR) is 119 cm³/mol. The van der Waals surface area contributed by atoms with Gasteiger partial charge in [0.2, 0.25) is 0 Å². The number of hydrogen-bond acceptors (Lipinski definition) is 5. The van der Waals surface area contributed by atoms with Crippen LogP contribution in [0.5, 0.6) is 5.75 Å². The molecular weight excluding hydrogens is 392 g/mol. The minimum absolute atomic E-state index is 0.229. The molecule has 0 bridgehead atoms. The van der Waals surface area contributed by atoms with E-state index in [2.05, 4.69) is 46.3 Å². The Morgan fingerprint density at radius 2 is 1.71 bits per heavy atom. The second-order valence-electron chi connectivity index (χ2n) is 8.48. The van der Waals surface area contributed by atoms with Crippen LogP contribution in [-0.2, 0) is 16.9 Å². The smallest absolute Gasteiger partial charge is 0.326 e. The summed E-state index contributed by atoms with van der Waals surface area (Å²) in [6, 6.07) is 15.4. The molecule has 2 aliphatic rings. The Bertz CT molecular complexity index is 971. The number of benzene rings is 2. The lowest BCUT2D eigenvalue weighted by Gasteiger charge is -2.36. The maximum atomic E-state index is 13.2. The van der Waals surface area contributed by atoms with Crippen molar-refractivity contribution in [1.82, 2.24) is 20.0 Å². The first-order valence-corrected chi connectivity index (χ1v) is 10.7. The van der Waals surface area contributed by atoms with Crippen molar-refractivity contribution >= 4 is 11.9 Å². The molecule has 0 unspecified atom stereocenters. The number of rotatable bonds is 6. The second kappa shape index (κ2) is 8.69. The molecule has 2 aromatic rings. The molecule has 3 amide bonds. The van der Waals surface area contributed by atoms with Crippen molar-refractivity contribution in [3.8, 4) is 5.75 Å². The molecule has 2 aliphatic heterocycles. The van der Waals surface area contributed by atoms with E-state index in [4.69, 9.17) is 4.74 Å². The van der Waals surface area contributed by atoms with Gasteiger partial charge in [0.15, 0.2) is 0 Å². The normalized spacial score (nSPS) is 22.6. The quantitative estimate of drug-likeness (QED) is 0.725. The first-order chi connectivity index (χ1) is 14.9. The fourth-order valence-electron chi connectivity index (χ4n) is 4.27. The van der Waals surface area contributed by atoms with Gasteiger partial charge in [0, 0.05) is 32.7 Å². The molecule has 2 aromatic carbocycles. The molecule has 4 rings (SSSR count). The summed E-state index contributed by atoms with van der Waals surface area (Å²) in [6.07, 6.45) is 0. The van der Waals surface area contributed by atoms with Gasteiger partial charge >= 0.3 is 6.03 Å². The number of imide groups is 1. The minimum atomic E-state index is -1.09. The Morgan fingerprint density at radius 3 is 2.42 bits per heavy atom. The highest BCUT2D eigenvalue weighted by atomic mass is 16.5. The number of carbonyl (C=O) groups is 2. The highest BCUT2D eigenvalue weighted by molar-refractivity contribution is 6.07. The van der Waals surface area contributed by atoms with Crippen molar-refractivity contribution in [3.05, 3.63) is 65.2 Å². The number of ether oxygens (including phenoxy) is 1. The third-order valence-corrected chi connectivity index (χ3v) is 6.38. The molecule has 7 heteroatoms. The minimum Gasteiger partial charge on any atom is -0.497 e. The van der Waals surface area contributed by atoms with Crippen molar-refractivity contribution in [2.24, 2.45) is 0 Å². The molecule has 1 N–H and O–H groups in total. The van der Waals surface area contributed by atoms with E-state index in [0.717, 1.165) is 38.3 Å². The molecule has 1 atom stereocenters. The average molecular weight is 423 g/mol. The Labute approximate surface area is 183 Å². The number of nitrogens with zero attached hydrogens (tertiary/aromatic N) is 3. The van der Waals surface area contributed by atoms with Crippen molar-refractivity contribution in [3.63, 3.8) is 0 Å². The van der Waals surface area contributed by atoms with Crippen molar-refractivity contribution in [2.45, 2.75) is 25.9 Å². The van der Waals surface area contributed by atoms with Crippen LogP contribution in [-0.4, -0.2) is 66.6 Å². The van der Waals surface area contributed by atoms with Gasteiger partial charge in [-0.1, -0.05) is 36.4 Å². The highest BCUT2D eigenvalue weighted by Gasteiger charge is 2.49. The molecule has 31 heavy (non-hydrogen) atoms. The van der Waals surface area contributed by atoms with E-state index in [9.17, 15) is 9.59 Å². The topological polar surface area (TPSA) is 65.1 Å². The Hall–Kier alpha value is -2.90. The third kappa shape index (κ3) is 4.29. The summed E-state index contributed by atoms with van der Waals surface area (Å²) in [5, 5.41) is 2.88. The van der Waals surface area contributed by atoms with Crippen LogP contribution in [0.25, 0.3) is 0 Å². The van der Waals surface area contributed by atoms with Crippen LogP contribution >= 0.6 is 0 Å². The summed E-state index contributed by atoms with van der Waals surface area (Å²) >= 11 is 0. The summed E-state index contributed by atoms with van der Waals surface area (Å²) in [6.45, 7) is 8.58. The molecule has 0 aromatic heterocycles. The Balaban J connectivity index is 1.37. The van der Waals surface area contributed by atoms with E-state index < -0.39 is 5.54 Å². The number of aryl methyl sites for hydroxylation is 1. The first kappa shape index (κ1) is 21.3. The Kier molecular flexibility index (Phi) is 5.98. The summed E-state index contributed by atoms with van der Waals surface area (Å²) < 4.78 is 5.28. The number of methoxy groups -OCH3 is 1. The van der Waals surface area contributed by atoms with Gasteiger partial charge < -0.3 is 10.1 Å². The van der Waals surface area contributed by atoms with Crippen molar-refractivity contribution in [2.75, 3.05) is 40.0 Å². The zero-order valence-corrected chi connectivity index (χ0v) is 18.4. The molecule has 0 radical (unpaired) electrons. The van der Waals surface area contributed by atoms with Crippen molar-refractivity contribution < 1.29 is 14.3 Å². The van der Waals surface area contributed by atoms with Gasteiger partial charge in [-0.3, -0.25) is 14.6 Å². The van der Waals surface area contributed by atoms with Gasteiger partial charge in [0.1, 0.15) is 11.3 Å². The predicted octanol–water partition coefficient (Wildman–Crippen LogP) is 2.55. The molecule has 2 fully saturated rings. The van der Waals surface area contributed by atoms with Gasteiger partial charge in [-0.25, -0.2) is 9.69 Å². The van der Waals surface area contributed by atoms with Gasteiger partial charge in [-0.2, -0.15) is 0 Å². The fraction of sp³-hybridized carbons (Fsp3) is 0.417. The lowest BCUT2D eigenvalue weighted by Crippen LogP contribution is -2.51. The number of nitrogens with one attached hydrogen (secondary N) is 1. The summed E-state index contributed by atoms with van der Waals surface area (Å²) in [4.78, 5) is 31.8. The first-order valence-electron chi connectivity index (χ1n) is 10.7. The van der Waals surface area contributed by atoms with E-state index in [-0.39, 0.29) is 11.9 Å². The largest absolute Gasteiger partial charge is 0.497 e. The zero-order chi connectivity index (χ0) is 22.0. The number of urea groups is 1. The number of hydrogen-bond donors (Lipinski definition) is 1. The highest BCUT2D eigenvalue weighted by Crippen LogP contribution is 2.31. The Morgan fingerprint density at radius 1 is 1.00 bits per heavy atom. The molecule has 7 nitrogen and oxygen atoms in total.